The van der Waals surface area contributed by atoms with E-state index in [2.05, 4.69) is 4.90 Å². The second-order valence-corrected chi connectivity index (χ2v) is 5.88. The Bertz CT molecular complexity index is 728. The van der Waals surface area contributed by atoms with Gasteiger partial charge in [0.15, 0.2) is 0 Å². The molecule has 1 atom stereocenters. The average Bonchev–Trinajstić information content (AvgIpc) is 2.56. The average molecular weight is 315 g/mol. The molecule has 1 saturated heterocycles. The van der Waals surface area contributed by atoms with Crippen LogP contribution in [0.1, 0.15) is 22.8 Å². The summed E-state index contributed by atoms with van der Waals surface area (Å²) in [4.78, 5) is 14.2. The molecule has 0 aliphatic carbocycles. The van der Waals surface area contributed by atoms with Crippen molar-refractivity contribution in [1.82, 2.24) is 4.90 Å². The molecule has 5 nitrogen and oxygen atoms in total. The van der Waals surface area contributed by atoms with E-state index >= 15 is 0 Å². The van der Waals surface area contributed by atoms with Crippen LogP contribution in [-0.4, -0.2) is 48.9 Å². The maximum Gasteiger partial charge on any atom is 0.341 e. The topological polar surface area (TPSA) is 59.0 Å². The molecular weight excluding hydrogens is 294 g/mol. The van der Waals surface area contributed by atoms with Crippen LogP contribution in [0.5, 0.6) is 5.75 Å². The molecule has 1 heterocycles. The summed E-state index contributed by atoms with van der Waals surface area (Å²) in [5, 5.41) is 12.5. The molecule has 1 N–H and O–H groups in total. The van der Waals surface area contributed by atoms with Crippen LogP contribution in [0.15, 0.2) is 30.3 Å². The van der Waals surface area contributed by atoms with Gasteiger partial charge in [0.25, 0.3) is 0 Å². The first kappa shape index (κ1) is 15.8. The number of carbonyl (C=O) groups is 1. The van der Waals surface area contributed by atoms with Gasteiger partial charge in [-0.1, -0.05) is 24.3 Å². The number of phenols is 1. The number of esters is 1. The third-order valence-electron chi connectivity index (χ3n) is 4.24. The van der Waals surface area contributed by atoms with Crippen LogP contribution in [0.3, 0.4) is 0 Å². The lowest BCUT2D eigenvalue weighted by Crippen LogP contribution is -2.40. The maximum absolute atomic E-state index is 12.0. The first-order valence-electron chi connectivity index (χ1n) is 7.76. The van der Waals surface area contributed by atoms with Crippen molar-refractivity contribution in [2.75, 3.05) is 26.8 Å². The lowest BCUT2D eigenvalue weighted by molar-refractivity contribution is -0.0212. The van der Waals surface area contributed by atoms with Gasteiger partial charge in [0.1, 0.15) is 11.3 Å². The summed E-state index contributed by atoms with van der Waals surface area (Å²) in [6.45, 7) is 4.90. The molecule has 122 valence electrons. The number of hydrogen-bond acceptors (Lipinski definition) is 5. The highest BCUT2D eigenvalue weighted by Gasteiger charge is 2.22. The van der Waals surface area contributed by atoms with Crippen LogP contribution < -0.4 is 0 Å². The van der Waals surface area contributed by atoms with E-state index in [0.29, 0.717) is 13.2 Å². The van der Waals surface area contributed by atoms with Crippen molar-refractivity contribution in [2.45, 2.75) is 19.6 Å². The van der Waals surface area contributed by atoms with Gasteiger partial charge in [-0.2, -0.15) is 0 Å². The molecule has 2 aromatic rings. The molecule has 1 fully saturated rings. The Labute approximate surface area is 135 Å². The van der Waals surface area contributed by atoms with Crippen LogP contribution in [0.2, 0.25) is 0 Å². The molecule has 1 aliphatic rings. The van der Waals surface area contributed by atoms with E-state index in [-0.39, 0.29) is 17.4 Å². The lowest BCUT2D eigenvalue weighted by Gasteiger charge is -2.31. The lowest BCUT2D eigenvalue weighted by atomic mass is 9.98. The Morgan fingerprint density at radius 1 is 1.43 bits per heavy atom. The van der Waals surface area contributed by atoms with Gasteiger partial charge in [0, 0.05) is 25.2 Å². The van der Waals surface area contributed by atoms with Crippen LogP contribution >= 0.6 is 0 Å². The number of fused-ring (bicyclic) bond motifs is 1. The number of nitrogens with zero attached hydrogens (tertiary/aromatic N) is 1. The zero-order valence-electron chi connectivity index (χ0n) is 13.4. The van der Waals surface area contributed by atoms with Gasteiger partial charge in [-0.15, -0.1) is 0 Å². The first-order valence-corrected chi connectivity index (χ1v) is 7.76. The van der Waals surface area contributed by atoms with Crippen LogP contribution in [0, 0.1) is 0 Å². The summed E-state index contributed by atoms with van der Waals surface area (Å²) >= 11 is 0. The third kappa shape index (κ3) is 3.16. The Hall–Kier alpha value is -2.11. The molecule has 0 aromatic heterocycles. The molecule has 0 unspecified atom stereocenters. The Morgan fingerprint density at radius 3 is 2.96 bits per heavy atom. The predicted octanol–water partition coefficient (Wildman–Crippen LogP) is 2.55. The molecule has 0 spiro atoms. The Balaban J connectivity index is 2.06. The molecule has 1 aliphatic heterocycles. The molecule has 0 saturated carbocycles. The fourth-order valence-electron chi connectivity index (χ4n) is 3.10. The highest BCUT2D eigenvalue weighted by atomic mass is 16.5. The number of benzene rings is 2. The monoisotopic (exact) mass is 315 g/mol. The number of carbonyl (C=O) groups excluding carboxylic acids is 1. The number of ether oxygens (including phenoxy) is 2. The maximum atomic E-state index is 12.0. The van der Waals surface area contributed by atoms with Crippen molar-refractivity contribution in [3.8, 4) is 5.75 Å². The second kappa shape index (κ2) is 6.56. The van der Waals surface area contributed by atoms with Crippen LogP contribution in [0.25, 0.3) is 10.8 Å². The minimum atomic E-state index is -0.523. The smallest absolute Gasteiger partial charge is 0.341 e. The predicted molar refractivity (Wildman–Crippen MR) is 87.6 cm³/mol. The van der Waals surface area contributed by atoms with Crippen molar-refractivity contribution < 1.29 is 19.4 Å². The molecule has 0 bridgehead atoms. The molecule has 0 radical (unpaired) electrons. The van der Waals surface area contributed by atoms with Gasteiger partial charge >= 0.3 is 5.97 Å². The zero-order valence-corrected chi connectivity index (χ0v) is 13.4. The van der Waals surface area contributed by atoms with Crippen LogP contribution in [0.4, 0.5) is 0 Å². The highest BCUT2D eigenvalue weighted by Crippen LogP contribution is 2.33. The van der Waals surface area contributed by atoms with Crippen molar-refractivity contribution >= 4 is 16.7 Å². The number of aromatic hydroxyl groups is 1. The summed E-state index contributed by atoms with van der Waals surface area (Å²) in [6.07, 6.45) is 0.168. The molecular formula is C18H21NO4. The van der Waals surface area contributed by atoms with Gasteiger partial charge in [-0.05, 0) is 23.8 Å². The fraction of sp³-hybridized carbons (Fsp3) is 0.389. The number of hydrogen-bond donors (Lipinski definition) is 1. The summed E-state index contributed by atoms with van der Waals surface area (Å²) in [5.41, 5.74) is 0.972. The Kier molecular flexibility index (Phi) is 4.50. The van der Waals surface area contributed by atoms with Crippen molar-refractivity contribution in [1.29, 1.82) is 0 Å². The van der Waals surface area contributed by atoms with Gasteiger partial charge in [-0.3, -0.25) is 4.90 Å². The fourth-order valence-corrected chi connectivity index (χ4v) is 3.10. The number of phenolic OH excluding ortho intramolecular Hbond substituents is 1. The quantitative estimate of drug-likeness (QED) is 0.882. The van der Waals surface area contributed by atoms with E-state index in [1.54, 1.807) is 6.07 Å². The third-order valence-corrected chi connectivity index (χ3v) is 4.24. The van der Waals surface area contributed by atoms with E-state index in [4.69, 9.17) is 9.47 Å². The van der Waals surface area contributed by atoms with Crippen molar-refractivity contribution in [3.63, 3.8) is 0 Å². The normalized spacial score (nSPS) is 19.0. The number of methoxy groups -OCH3 is 1. The number of morpholine rings is 1. The van der Waals surface area contributed by atoms with Gasteiger partial charge < -0.3 is 14.6 Å². The molecule has 3 rings (SSSR count). The van der Waals surface area contributed by atoms with E-state index in [9.17, 15) is 9.90 Å². The molecule has 23 heavy (non-hydrogen) atoms. The summed E-state index contributed by atoms with van der Waals surface area (Å²) in [6, 6.07) is 9.44. The minimum absolute atomic E-state index is 0.00898. The minimum Gasteiger partial charge on any atom is -0.507 e. The van der Waals surface area contributed by atoms with E-state index in [1.807, 2.05) is 31.2 Å². The standard InChI is InChI=1S/C18H21NO4/c1-12-10-19(7-8-23-12)11-16-14-6-4-3-5-13(14)9-15(17(16)20)18(21)22-2/h3-6,9,12,20H,7-8,10-11H2,1-2H3/t12-/m1/s1. The first-order chi connectivity index (χ1) is 11.1. The number of rotatable bonds is 3. The largest absolute Gasteiger partial charge is 0.507 e. The van der Waals surface area contributed by atoms with Crippen LogP contribution in [-0.2, 0) is 16.0 Å². The van der Waals surface area contributed by atoms with Gasteiger partial charge in [-0.25, -0.2) is 4.79 Å². The second-order valence-electron chi connectivity index (χ2n) is 5.88. The SMILES string of the molecule is COC(=O)c1cc2ccccc2c(CN2CCO[C@H](C)C2)c1O. The van der Waals surface area contributed by atoms with E-state index in [0.717, 1.165) is 29.4 Å². The van der Waals surface area contributed by atoms with E-state index < -0.39 is 5.97 Å². The van der Waals surface area contributed by atoms with Gasteiger partial charge in [0.2, 0.25) is 0 Å². The summed E-state index contributed by atoms with van der Waals surface area (Å²) < 4.78 is 10.4. The summed E-state index contributed by atoms with van der Waals surface area (Å²) in [7, 11) is 1.32. The zero-order chi connectivity index (χ0) is 16.4. The molecule has 5 heteroatoms. The summed E-state index contributed by atoms with van der Waals surface area (Å²) in [5.74, 6) is -0.514. The molecule has 0 amide bonds. The van der Waals surface area contributed by atoms with E-state index in [1.165, 1.54) is 7.11 Å². The highest BCUT2D eigenvalue weighted by molar-refractivity contribution is 6.00. The van der Waals surface area contributed by atoms with Crippen molar-refractivity contribution in [3.05, 3.63) is 41.5 Å². The van der Waals surface area contributed by atoms with Gasteiger partial charge in [0.05, 0.1) is 19.8 Å². The molecule has 2 aromatic carbocycles. The van der Waals surface area contributed by atoms with Crippen molar-refractivity contribution in [2.24, 2.45) is 0 Å². The Morgan fingerprint density at radius 2 is 2.22 bits per heavy atom.